The molecule has 0 amide bonds. The minimum Gasteiger partial charge on any atom is -0.481 e. The molecule has 0 aliphatic heterocycles. The maximum Gasteiger partial charge on any atom is 0.303 e. The molecule has 3 rings (SSSR count). The first-order valence-corrected chi connectivity index (χ1v) is 7.47. The Labute approximate surface area is 128 Å². The van der Waals surface area contributed by atoms with Crippen molar-refractivity contribution < 1.29 is 9.90 Å². The summed E-state index contributed by atoms with van der Waals surface area (Å²) in [4.78, 5) is 18.3. The van der Waals surface area contributed by atoms with Crippen molar-refractivity contribution in [3.05, 3.63) is 54.4 Å². The topological polar surface area (TPSA) is 66.0 Å². The van der Waals surface area contributed by atoms with Gasteiger partial charge in [-0.1, -0.05) is 18.2 Å². The van der Waals surface area contributed by atoms with Crippen LogP contribution in [0.1, 0.15) is 24.8 Å². The number of carboxylic acids is 1. The molecule has 0 saturated carbocycles. The Balaban J connectivity index is 1.93. The summed E-state index contributed by atoms with van der Waals surface area (Å²) >= 11 is 0. The third kappa shape index (κ3) is 3.01. The number of nitrogens with zero attached hydrogens (tertiary/aromatic N) is 1. The standard InChI is InChI=1S/C18H18N2O2/c21-17(22)10-4-2-8-15-14-7-1-3-9-16(14)20-18(15)13-6-5-11-19-12-13/h1,3,5-7,9,11-12,20H,2,4,8,10H2,(H,21,22). The number of aromatic nitrogens is 2. The highest BCUT2D eigenvalue weighted by Crippen LogP contribution is 2.31. The summed E-state index contributed by atoms with van der Waals surface area (Å²) in [7, 11) is 0. The number of rotatable bonds is 6. The fourth-order valence-electron chi connectivity index (χ4n) is 2.79. The van der Waals surface area contributed by atoms with Gasteiger partial charge in [-0.15, -0.1) is 0 Å². The summed E-state index contributed by atoms with van der Waals surface area (Å²) in [5.74, 6) is -0.730. The van der Waals surface area contributed by atoms with Gasteiger partial charge in [0.2, 0.25) is 0 Å². The van der Waals surface area contributed by atoms with Crippen LogP contribution in [0.4, 0.5) is 0 Å². The van der Waals surface area contributed by atoms with Crippen LogP contribution in [0, 0.1) is 0 Å². The summed E-state index contributed by atoms with van der Waals surface area (Å²) in [6, 6.07) is 12.2. The minimum atomic E-state index is -0.730. The quantitative estimate of drug-likeness (QED) is 0.675. The molecule has 2 aromatic heterocycles. The largest absolute Gasteiger partial charge is 0.481 e. The molecule has 4 nitrogen and oxygen atoms in total. The number of aromatic amines is 1. The Hall–Kier alpha value is -2.62. The average molecular weight is 294 g/mol. The van der Waals surface area contributed by atoms with Crippen molar-refractivity contribution in [2.24, 2.45) is 0 Å². The smallest absolute Gasteiger partial charge is 0.303 e. The molecule has 0 aliphatic rings. The van der Waals surface area contributed by atoms with Crippen molar-refractivity contribution in [2.45, 2.75) is 25.7 Å². The predicted molar refractivity (Wildman–Crippen MR) is 86.7 cm³/mol. The monoisotopic (exact) mass is 294 g/mol. The summed E-state index contributed by atoms with van der Waals surface area (Å²) in [5, 5.41) is 9.97. The van der Waals surface area contributed by atoms with E-state index in [4.69, 9.17) is 5.11 Å². The highest BCUT2D eigenvalue weighted by atomic mass is 16.4. The summed E-state index contributed by atoms with van der Waals surface area (Å²) in [6.07, 6.45) is 6.26. The van der Waals surface area contributed by atoms with E-state index >= 15 is 0 Å². The predicted octanol–water partition coefficient (Wildman–Crippen LogP) is 4.03. The molecule has 1 aromatic carbocycles. The number of benzene rings is 1. The molecule has 0 fully saturated rings. The SMILES string of the molecule is O=C(O)CCCCc1c(-c2cccnc2)[nH]c2ccccc12. The molecule has 0 spiro atoms. The van der Waals surface area contributed by atoms with Gasteiger partial charge in [-0.25, -0.2) is 0 Å². The zero-order valence-corrected chi connectivity index (χ0v) is 12.2. The van der Waals surface area contributed by atoms with Crippen molar-refractivity contribution in [1.82, 2.24) is 9.97 Å². The molecule has 3 aromatic rings. The van der Waals surface area contributed by atoms with E-state index < -0.39 is 5.97 Å². The molecule has 0 radical (unpaired) electrons. The van der Waals surface area contributed by atoms with Crippen LogP contribution in [-0.2, 0) is 11.2 Å². The van der Waals surface area contributed by atoms with E-state index in [1.165, 1.54) is 10.9 Å². The lowest BCUT2D eigenvalue weighted by Gasteiger charge is -2.04. The Bertz CT molecular complexity index is 778. The first-order valence-electron chi connectivity index (χ1n) is 7.47. The number of aryl methyl sites for hydroxylation is 1. The number of unbranched alkanes of at least 4 members (excludes halogenated alkanes) is 1. The van der Waals surface area contributed by atoms with Gasteiger partial charge in [0.1, 0.15) is 0 Å². The molecular weight excluding hydrogens is 276 g/mol. The molecular formula is C18H18N2O2. The van der Waals surface area contributed by atoms with Crippen LogP contribution in [-0.4, -0.2) is 21.0 Å². The molecule has 0 bridgehead atoms. The van der Waals surface area contributed by atoms with E-state index in [0.29, 0.717) is 6.42 Å². The second-order valence-electron chi connectivity index (χ2n) is 5.37. The van der Waals surface area contributed by atoms with E-state index in [-0.39, 0.29) is 6.42 Å². The fourth-order valence-corrected chi connectivity index (χ4v) is 2.79. The van der Waals surface area contributed by atoms with Crippen molar-refractivity contribution in [3.8, 4) is 11.3 Å². The van der Waals surface area contributed by atoms with Crippen LogP contribution < -0.4 is 0 Å². The molecule has 0 unspecified atom stereocenters. The van der Waals surface area contributed by atoms with E-state index in [9.17, 15) is 4.79 Å². The Morgan fingerprint density at radius 3 is 2.77 bits per heavy atom. The number of pyridine rings is 1. The fraction of sp³-hybridized carbons (Fsp3) is 0.222. The number of para-hydroxylation sites is 1. The number of fused-ring (bicyclic) bond motifs is 1. The van der Waals surface area contributed by atoms with Gasteiger partial charge in [0.15, 0.2) is 0 Å². The molecule has 0 aliphatic carbocycles. The zero-order chi connectivity index (χ0) is 15.4. The number of carbonyl (C=O) groups is 1. The Kier molecular flexibility index (Phi) is 4.19. The van der Waals surface area contributed by atoms with Crippen LogP contribution in [0.15, 0.2) is 48.8 Å². The van der Waals surface area contributed by atoms with Crippen LogP contribution in [0.25, 0.3) is 22.2 Å². The first-order chi connectivity index (χ1) is 10.8. The molecule has 22 heavy (non-hydrogen) atoms. The third-order valence-corrected chi connectivity index (χ3v) is 3.83. The Morgan fingerprint density at radius 1 is 1.14 bits per heavy atom. The van der Waals surface area contributed by atoms with Crippen LogP contribution in [0.3, 0.4) is 0 Å². The molecule has 4 heteroatoms. The van der Waals surface area contributed by atoms with E-state index in [2.05, 4.69) is 22.1 Å². The molecule has 0 atom stereocenters. The van der Waals surface area contributed by atoms with Crippen molar-refractivity contribution in [3.63, 3.8) is 0 Å². The number of H-pyrrole nitrogens is 1. The number of hydrogen-bond acceptors (Lipinski definition) is 2. The Morgan fingerprint density at radius 2 is 2.00 bits per heavy atom. The van der Waals surface area contributed by atoms with E-state index in [1.807, 2.05) is 30.5 Å². The van der Waals surface area contributed by atoms with Gasteiger partial charge >= 0.3 is 5.97 Å². The average Bonchev–Trinajstić information content (AvgIpc) is 2.91. The lowest BCUT2D eigenvalue weighted by molar-refractivity contribution is -0.137. The van der Waals surface area contributed by atoms with Gasteiger partial charge in [0.25, 0.3) is 0 Å². The van der Waals surface area contributed by atoms with Crippen LogP contribution >= 0.6 is 0 Å². The first kappa shape index (κ1) is 14.3. The summed E-state index contributed by atoms with van der Waals surface area (Å²) in [5.41, 5.74) is 4.50. The van der Waals surface area contributed by atoms with E-state index in [1.54, 1.807) is 6.20 Å². The van der Waals surface area contributed by atoms with Crippen LogP contribution in [0.5, 0.6) is 0 Å². The molecule has 112 valence electrons. The maximum atomic E-state index is 10.6. The van der Waals surface area contributed by atoms with E-state index in [0.717, 1.165) is 29.6 Å². The lowest BCUT2D eigenvalue weighted by atomic mass is 10.0. The molecule has 2 heterocycles. The van der Waals surface area contributed by atoms with Crippen LogP contribution in [0.2, 0.25) is 0 Å². The number of carboxylic acid groups (broad SMARTS) is 1. The highest BCUT2D eigenvalue weighted by molar-refractivity contribution is 5.90. The highest BCUT2D eigenvalue weighted by Gasteiger charge is 2.12. The van der Waals surface area contributed by atoms with Gasteiger partial charge in [0, 0.05) is 35.3 Å². The van der Waals surface area contributed by atoms with Gasteiger partial charge in [-0.3, -0.25) is 9.78 Å². The molecule has 2 N–H and O–H groups in total. The summed E-state index contributed by atoms with van der Waals surface area (Å²) < 4.78 is 0. The minimum absolute atomic E-state index is 0.227. The van der Waals surface area contributed by atoms with Crippen molar-refractivity contribution >= 4 is 16.9 Å². The third-order valence-electron chi connectivity index (χ3n) is 3.83. The lowest BCUT2D eigenvalue weighted by Crippen LogP contribution is -1.95. The second-order valence-corrected chi connectivity index (χ2v) is 5.37. The van der Waals surface area contributed by atoms with Gasteiger partial charge in [-0.2, -0.15) is 0 Å². The molecule has 0 saturated heterocycles. The van der Waals surface area contributed by atoms with Crippen molar-refractivity contribution in [2.75, 3.05) is 0 Å². The number of hydrogen-bond donors (Lipinski definition) is 2. The van der Waals surface area contributed by atoms with Gasteiger partial charge in [-0.05, 0) is 43.0 Å². The second kappa shape index (κ2) is 6.43. The van der Waals surface area contributed by atoms with Gasteiger partial charge < -0.3 is 10.1 Å². The van der Waals surface area contributed by atoms with Crippen molar-refractivity contribution in [1.29, 1.82) is 0 Å². The summed E-state index contributed by atoms with van der Waals surface area (Å²) in [6.45, 7) is 0. The van der Waals surface area contributed by atoms with Gasteiger partial charge in [0.05, 0.1) is 5.69 Å². The number of nitrogens with one attached hydrogen (secondary N) is 1. The normalized spacial score (nSPS) is 10.9. The maximum absolute atomic E-state index is 10.6. The number of aliphatic carboxylic acids is 1. The zero-order valence-electron chi connectivity index (χ0n) is 12.2.